The number of aryl methyl sites for hydroxylation is 1. The van der Waals surface area contributed by atoms with Crippen molar-refractivity contribution >= 4 is 27.7 Å². The Kier molecular flexibility index (Phi) is 3.75. The third-order valence-corrected chi connectivity index (χ3v) is 3.12. The van der Waals surface area contributed by atoms with E-state index in [1.165, 1.54) is 7.11 Å². The minimum Gasteiger partial charge on any atom is -0.465 e. The molecule has 19 heavy (non-hydrogen) atoms. The van der Waals surface area contributed by atoms with E-state index in [4.69, 9.17) is 5.73 Å². The number of rotatable bonds is 2. The van der Waals surface area contributed by atoms with E-state index in [9.17, 15) is 4.79 Å². The maximum absolute atomic E-state index is 11.6. The first-order valence-corrected chi connectivity index (χ1v) is 6.17. The summed E-state index contributed by atoms with van der Waals surface area (Å²) in [4.78, 5) is 24.1. The molecule has 2 aromatic heterocycles. The molecular weight excluding hydrogens is 312 g/mol. The zero-order valence-electron chi connectivity index (χ0n) is 10.3. The second-order valence-corrected chi connectivity index (χ2v) is 4.57. The highest BCUT2D eigenvalue weighted by molar-refractivity contribution is 9.10. The van der Waals surface area contributed by atoms with Crippen molar-refractivity contribution < 1.29 is 9.53 Å². The number of aromatic nitrogens is 3. The van der Waals surface area contributed by atoms with Crippen molar-refractivity contribution in [3.8, 4) is 11.5 Å². The maximum atomic E-state index is 11.6. The van der Waals surface area contributed by atoms with Gasteiger partial charge in [0.1, 0.15) is 17.1 Å². The van der Waals surface area contributed by atoms with E-state index in [0.29, 0.717) is 17.2 Å². The van der Waals surface area contributed by atoms with Crippen LogP contribution in [-0.2, 0) is 4.74 Å². The van der Waals surface area contributed by atoms with Gasteiger partial charge in [-0.1, -0.05) is 0 Å². The monoisotopic (exact) mass is 322 g/mol. The Morgan fingerprint density at radius 3 is 2.74 bits per heavy atom. The molecule has 98 valence electrons. The number of nitrogen functional groups attached to an aromatic ring is 1. The molecule has 0 amide bonds. The van der Waals surface area contributed by atoms with Gasteiger partial charge in [0, 0.05) is 10.7 Å². The molecule has 0 fully saturated rings. The third kappa shape index (κ3) is 2.55. The fourth-order valence-corrected chi connectivity index (χ4v) is 2.04. The zero-order valence-corrected chi connectivity index (χ0v) is 11.9. The number of esters is 1. The molecule has 7 heteroatoms. The lowest BCUT2D eigenvalue weighted by Crippen LogP contribution is -2.12. The van der Waals surface area contributed by atoms with Crippen LogP contribution in [0.25, 0.3) is 11.5 Å². The van der Waals surface area contributed by atoms with Crippen molar-refractivity contribution in [3.63, 3.8) is 0 Å². The van der Waals surface area contributed by atoms with Gasteiger partial charge in [-0.25, -0.2) is 14.8 Å². The Morgan fingerprint density at radius 1 is 1.42 bits per heavy atom. The highest BCUT2D eigenvalue weighted by atomic mass is 79.9. The van der Waals surface area contributed by atoms with Gasteiger partial charge in [-0.05, 0) is 35.0 Å². The molecule has 0 unspecified atom stereocenters. The van der Waals surface area contributed by atoms with Gasteiger partial charge < -0.3 is 10.5 Å². The van der Waals surface area contributed by atoms with Gasteiger partial charge in [-0.2, -0.15) is 0 Å². The largest absolute Gasteiger partial charge is 0.465 e. The van der Waals surface area contributed by atoms with Gasteiger partial charge in [0.2, 0.25) is 0 Å². The van der Waals surface area contributed by atoms with Gasteiger partial charge in [-0.15, -0.1) is 0 Å². The Morgan fingerprint density at radius 2 is 2.16 bits per heavy atom. The SMILES string of the molecule is COC(=O)c1c(C)nc(-c2ncccc2Br)nc1N. The van der Waals surface area contributed by atoms with Crippen LogP contribution >= 0.6 is 15.9 Å². The smallest absolute Gasteiger partial charge is 0.343 e. The van der Waals surface area contributed by atoms with Gasteiger partial charge >= 0.3 is 5.97 Å². The number of carbonyl (C=O) groups excluding carboxylic acids is 1. The number of ether oxygens (including phenoxy) is 1. The Hall–Kier alpha value is -2.02. The summed E-state index contributed by atoms with van der Waals surface area (Å²) in [6.07, 6.45) is 1.63. The summed E-state index contributed by atoms with van der Waals surface area (Å²) in [6.45, 7) is 1.67. The Labute approximate surface area is 118 Å². The number of pyridine rings is 1. The van der Waals surface area contributed by atoms with Crippen LogP contribution < -0.4 is 5.73 Å². The minimum atomic E-state index is -0.554. The predicted octanol–water partition coefficient (Wildman–Crippen LogP) is 1.98. The summed E-state index contributed by atoms with van der Waals surface area (Å²) in [7, 11) is 1.28. The summed E-state index contributed by atoms with van der Waals surface area (Å²) in [5.41, 5.74) is 6.98. The normalized spacial score (nSPS) is 10.3. The number of nitrogens with zero attached hydrogens (tertiary/aromatic N) is 3. The number of halogens is 1. The molecule has 0 bridgehead atoms. The van der Waals surface area contributed by atoms with Crippen molar-refractivity contribution in [2.24, 2.45) is 0 Å². The highest BCUT2D eigenvalue weighted by Crippen LogP contribution is 2.25. The summed E-state index contributed by atoms with van der Waals surface area (Å²) >= 11 is 3.37. The summed E-state index contributed by atoms with van der Waals surface area (Å²) in [5, 5.41) is 0. The first kappa shape index (κ1) is 13.4. The van der Waals surface area contributed by atoms with Crippen LogP contribution in [0.5, 0.6) is 0 Å². The molecule has 0 aliphatic heterocycles. The number of hydrogen-bond donors (Lipinski definition) is 1. The standard InChI is InChI=1S/C12H11BrN4O2/c1-6-8(12(18)19-2)10(14)17-11(16-6)9-7(13)4-3-5-15-9/h3-5H,1-2H3,(H2,14,16,17). The van der Waals surface area contributed by atoms with E-state index in [1.54, 1.807) is 19.2 Å². The van der Waals surface area contributed by atoms with E-state index >= 15 is 0 Å². The van der Waals surface area contributed by atoms with Crippen molar-refractivity contribution in [2.75, 3.05) is 12.8 Å². The number of carbonyl (C=O) groups is 1. The molecule has 2 rings (SSSR count). The lowest BCUT2D eigenvalue weighted by molar-refractivity contribution is 0.0600. The van der Waals surface area contributed by atoms with E-state index in [1.807, 2.05) is 6.07 Å². The van der Waals surface area contributed by atoms with E-state index in [-0.39, 0.29) is 11.4 Å². The van der Waals surface area contributed by atoms with Crippen LogP contribution in [0.2, 0.25) is 0 Å². The maximum Gasteiger partial charge on any atom is 0.343 e. The molecule has 0 spiro atoms. The highest BCUT2D eigenvalue weighted by Gasteiger charge is 2.19. The quantitative estimate of drug-likeness (QED) is 0.850. The van der Waals surface area contributed by atoms with Gasteiger partial charge in [0.25, 0.3) is 0 Å². The molecule has 0 radical (unpaired) electrons. The number of anilines is 1. The van der Waals surface area contributed by atoms with Gasteiger partial charge in [-0.3, -0.25) is 4.98 Å². The lowest BCUT2D eigenvalue weighted by atomic mass is 10.2. The Bertz CT molecular complexity index is 622. The van der Waals surface area contributed by atoms with Gasteiger partial charge in [0.05, 0.1) is 12.8 Å². The van der Waals surface area contributed by atoms with Crippen molar-refractivity contribution in [3.05, 3.63) is 34.1 Å². The predicted molar refractivity (Wildman–Crippen MR) is 73.5 cm³/mol. The Balaban J connectivity index is 2.58. The van der Waals surface area contributed by atoms with Crippen molar-refractivity contribution in [1.82, 2.24) is 15.0 Å². The zero-order chi connectivity index (χ0) is 14.0. The van der Waals surface area contributed by atoms with E-state index in [2.05, 4.69) is 35.6 Å². The lowest BCUT2D eigenvalue weighted by Gasteiger charge is -2.09. The summed E-state index contributed by atoms with van der Waals surface area (Å²) < 4.78 is 5.39. The van der Waals surface area contributed by atoms with E-state index < -0.39 is 5.97 Å². The topological polar surface area (TPSA) is 91.0 Å². The van der Waals surface area contributed by atoms with Crippen LogP contribution in [0.15, 0.2) is 22.8 Å². The van der Waals surface area contributed by atoms with Crippen LogP contribution in [0.1, 0.15) is 16.1 Å². The third-order valence-electron chi connectivity index (χ3n) is 2.48. The van der Waals surface area contributed by atoms with Crippen molar-refractivity contribution in [1.29, 1.82) is 0 Å². The van der Waals surface area contributed by atoms with E-state index in [0.717, 1.165) is 4.47 Å². The molecule has 2 aromatic rings. The molecule has 2 heterocycles. The van der Waals surface area contributed by atoms with Crippen LogP contribution in [0.3, 0.4) is 0 Å². The average Bonchev–Trinajstić information content (AvgIpc) is 2.38. The first-order chi connectivity index (χ1) is 9.04. The molecule has 0 saturated heterocycles. The molecule has 0 aliphatic carbocycles. The second-order valence-electron chi connectivity index (χ2n) is 3.72. The minimum absolute atomic E-state index is 0.0758. The average molecular weight is 323 g/mol. The number of hydrogen-bond acceptors (Lipinski definition) is 6. The molecule has 6 nitrogen and oxygen atoms in total. The van der Waals surface area contributed by atoms with Crippen LogP contribution in [0.4, 0.5) is 5.82 Å². The summed E-state index contributed by atoms with van der Waals surface area (Å²) in [6, 6.07) is 3.61. The molecule has 2 N–H and O–H groups in total. The first-order valence-electron chi connectivity index (χ1n) is 5.38. The molecule has 0 aromatic carbocycles. The van der Waals surface area contributed by atoms with Crippen LogP contribution in [0, 0.1) is 6.92 Å². The van der Waals surface area contributed by atoms with Gasteiger partial charge in [0.15, 0.2) is 5.82 Å². The van der Waals surface area contributed by atoms with Crippen molar-refractivity contribution in [2.45, 2.75) is 6.92 Å². The van der Waals surface area contributed by atoms with Crippen LogP contribution in [-0.4, -0.2) is 28.0 Å². The molecular formula is C12H11BrN4O2. The molecule has 0 atom stereocenters. The molecule has 0 saturated carbocycles. The second kappa shape index (κ2) is 5.31. The fraction of sp³-hybridized carbons (Fsp3) is 0.167. The fourth-order valence-electron chi connectivity index (χ4n) is 1.61. The molecule has 0 aliphatic rings. The summed E-state index contributed by atoms with van der Waals surface area (Å²) in [5.74, 6) is -0.122. The number of methoxy groups -OCH3 is 1. The number of nitrogens with two attached hydrogens (primary N) is 1.